The highest BCUT2D eigenvalue weighted by Gasteiger charge is 2.30. The number of hydrogen-bond acceptors (Lipinski definition) is 12. The quantitative estimate of drug-likeness (QED) is 0.0463. The topological polar surface area (TPSA) is 220 Å². The Hall–Kier alpha value is -6.90. The first-order chi connectivity index (χ1) is 30.3. The van der Waals surface area contributed by atoms with Gasteiger partial charge in [-0.15, -0.1) is 0 Å². The fourth-order valence-corrected chi connectivity index (χ4v) is 8.91. The maximum Gasteiger partial charge on any atom is 0.306 e. The van der Waals surface area contributed by atoms with Crippen molar-refractivity contribution in [3.63, 3.8) is 0 Å². The van der Waals surface area contributed by atoms with Gasteiger partial charge in [-0.2, -0.15) is 0 Å². The Balaban J connectivity index is 1.43. The SMILES string of the molecule is CC1=C(CCC(=O)OCCO)c2cc3nc(cc4[nH]c(cc5[nH]c(cc1n2)c1c5C(C)c2cc(O)ccc2O1)c(C)c4C(C)c1cc(O)ccc1O)C(C)=C3CCC(=O)OCCO. The number of nitrogens with zero attached hydrogens (tertiary/aromatic N) is 2. The highest BCUT2D eigenvalue weighted by molar-refractivity contribution is 5.97. The van der Waals surface area contributed by atoms with Crippen molar-refractivity contribution < 1.29 is 49.3 Å². The number of aromatic amines is 2. The Labute approximate surface area is 363 Å². The summed E-state index contributed by atoms with van der Waals surface area (Å²) in [6, 6.07) is 17.3. The zero-order valence-electron chi connectivity index (χ0n) is 35.8. The number of ether oxygens (including phenoxy) is 3. The molecule has 6 heterocycles. The normalized spacial score (nSPS) is 14.9. The van der Waals surface area contributed by atoms with Gasteiger partial charge >= 0.3 is 11.9 Å². The summed E-state index contributed by atoms with van der Waals surface area (Å²) in [6.07, 6.45) is 0.626. The van der Waals surface area contributed by atoms with Gasteiger partial charge in [-0.25, -0.2) is 9.97 Å². The van der Waals surface area contributed by atoms with Crippen LogP contribution in [0.2, 0.25) is 0 Å². The van der Waals surface area contributed by atoms with Gasteiger partial charge in [0.2, 0.25) is 0 Å². The molecule has 2 unspecified atom stereocenters. The van der Waals surface area contributed by atoms with Crippen molar-refractivity contribution in [3.8, 4) is 28.7 Å². The van der Waals surface area contributed by atoms with E-state index >= 15 is 0 Å². The third-order valence-corrected chi connectivity index (χ3v) is 12.2. The van der Waals surface area contributed by atoms with Crippen LogP contribution in [0.5, 0.6) is 28.7 Å². The molecular weight excluding hydrogens is 805 g/mol. The highest BCUT2D eigenvalue weighted by Crippen LogP contribution is 2.50. The molecule has 0 radical (unpaired) electrons. The molecule has 5 aromatic rings. The molecule has 0 aliphatic carbocycles. The molecule has 14 nitrogen and oxygen atoms in total. The Bertz CT molecular complexity index is 2900. The van der Waals surface area contributed by atoms with Gasteiger partial charge in [0.15, 0.2) is 5.75 Å². The Kier molecular flexibility index (Phi) is 11.9. The summed E-state index contributed by atoms with van der Waals surface area (Å²) >= 11 is 0. The van der Waals surface area contributed by atoms with Crippen LogP contribution >= 0.6 is 0 Å². The van der Waals surface area contributed by atoms with Gasteiger partial charge in [-0.05, 0) is 128 Å². The smallest absolute Gasteiger partial charge is 0.306 e. The first-order valence-corrected chi connectivity index (χ1v) is 21.0. The molecule has 2 aromatic carbocycles. The number of rotatable bonds is 12. The van der Waals surface area contributed by atoms with Crippen LogP contribution in [0.1, 0.15) is 116 Å². The average molecular weight is 855 g/mol. The number of aromatic nitrogens is 4. The fourth-order valence-electron chi connectivity index (χ4n) is 8.91. The number of aromatic hydroxyl groups is 3. The second kappa shape index (κ2) is 17.5. The van der Waals surface area contributed by atoms with Crippen LogP contribution in [0, 0.1) is 6.92 Å². The van der Waals surface area contributed by atoms with Gasteiger partial charge < -0.3 is 49.7 Å². The number of allylic oxidation sites excluding steroid dienone is 4. The molecule has 7 N–H and O–H groups in total. The predicted octanol–water partition coefficient (Wildman–Crippen LogP) is 8.64. The summed E-state index contributed by atoms with van der Waals surface area (Å²) in [6.45, 7) is 9.13. The lowest BCUT2D eigenvalue weighted by atomic mass is 9.89. The van der Waals surface area contributed by atoms with Gasteiger partial charge in [0.05, 0.1) is 41.5 Å². The van der Waals surface area contributed by atoms with Crippen molar-refractivity contribution in [1.82, 2.24) is 19.9 Å². The standard InChI is InChI=1S/C49H50N4O10/c1-24-31(8-12-45(59)61-16-14-54)38-23-39-32(9-13-46(60)62-17-15-55)25(2)36(51-39)22-42-49-48(27(4)34-19-30(57)7-11-44(34)63-49)41(53-42)21-37-28(5)47(40(52-37)20-35(24)50-38)26(3)33-18-29(56)6-10-43(33)58/h6-7,10-11,18-23,26-27,52-58H,8-9,12-17H2,1-5H3. The number of phenols is 3. The van der Waals surface area contributed by atoms with Crippen molar-refractivity contribution in [3.05, 3.63) is 111 Å². The van der Waals surface area contributed by atoms with Gasteiger partial charge in [-0.1, -0.05) is 13.8 Å². The first-order valence-electron chi connectivity index (χ1n) is 21.0. The minimum Gasteiger partial charge on any atom is -0.508 e. The molecule has 3 aliphatic heterocycles. The lowest BCUT2D eigenvalue weighted by Crippen LogP contribution is -2.08. The molecular formula is C49H50N4O10. The Morgan fingerprint density at radius 2 is 1.29 bits per heavy atom. The third-order valence-electron chi connectivity index (χ3n) is 12.2. The van der Waals surface area contributed by atoms with Gasteiger partial charge in [0.25, 0.3) is 0 Å². The fraction of sp³-hybridized carbons (Fsp3) is 0.306. The molecule has 3 aromatic heterocycles. The van der Waals surface area contributed by atoms with E-state index in [-0.39, 0.29) is 75.3 Å². The van der Waals surface area contributed by atoms with Crippen LogP contribution in [0.25, 0.3) is 44.4 Å². The number of aliphatic hydroxyl groups excluding tert-OH is 2. The number of H-pyrrole nitrogens is 2. The minimum absolute atomic E-state index is 0.0180. The van der Waals surface area contributed by atoms with E-state index < -0.39 is 17.9 Å². The molecule has 326 valence electrons. The largest absolute Gasteiger partial charge is 0.508 e. The number of benzene rings is 2. The molecule has 14 heteroatoms. The second-order valence-electron chi connectivity index (χ2n) is 16.1. The van der Waals surface area contributed by atoms with Crippen LogP contribution in [-0.2, 0) is 19.1 Å². The van der Waals surface area contributed by atoms with E-state index in [1.807, 2.05) is 52.0 Å². The number of carbonyl (C=O) groups is 2. The summed E-state index contributed by atoms with van der Waals surface area (Å²) in [4.78, 5) is 43.1. The molecule has 63 heavy (non-hydrogen) atoms. The number of phenolic OH excluding ortho intramolecular Hbond substituents is 3. The number of carbonyl (C=O) groups excluding carboxylic acids is 2. The lowest BCUT2D eigenvalue weighted by Gasteiger charge is -2.23. The summed E-state index contributed by atoms with van der Waals surface area (Å²) in [5, 5.41) is 50.6. The van der Waals surface area contributed by atoms with Crippen LogP contribution in [-0.4, -0.2) is 83.8 Å². The van der Waals surface area contributed by atoms with Gasteiger partial charge in [-0.3, -0.25) is 9.59 Å². The van der Waals surface area contributed by atoms with Crippen molar-refractivity contribution >= 4 is 56.3 Å². The van der Waals surface area contributed by atoms with Crippen molar-refractivity contribution in [2.75, 3.05) is 26.4 Å². The maximum atomic E-state index is 12.8. The molecule has 0 saturated heterocycles. The molecule has 0 saturated carbocycles. The summed E-state index contributed by atoms with van der Waals surface area (Å²) in [5.74, 6) is -0.167. The number of aryl methyl sites for hydroxylation is 1. The van der Waals surface area contributed by atoms with Gasteiger partial charge in [0, 0.05) is 57.9 Å². The van der Waals surface area contributed by atoms with E-state index in [9.17, 15) is 35.1 Å². The third kappa shape index (κ3) is 8.27. The first kappa shape index (κ1) is 42.8. The van der Waals surface area contributed by atoms with E-state index in [4.69, 9.17) is 24.2 Å². The van der Waals surface area contributed by atoms with Crippen LogP contribution in [0.15, 0.2) is 60.7 Å². The number of esters is 2. The minimum atomic E-state index is -0.465. The van der Waals surface area contributed by atoms with Crippen LogP contribution < -0.4 is 4.74 Å². The second-order valence-corrected chi connectivity index (χ2v) is 16.1. The molecule has 0 fully saturated rings. The van der Waals surface area contributed by atoms with Gasteiger partial charge in [0.1, 0.15) is 36.2 Å². The molecule has 8 bridgehead atoms. The summed E-state index contributed by atoms with van der Waals surface area (Å²) in [5.41, 5.74) is 12.4. The van der Waals surface area contributed by atoms with Crippen LogP contribution in [0.3, 0.4) is 0 Å². The highest BCUT2D eigenvalue weighted by atomic mass is 16.5. The molecule has 8 rings (SSSR count). The molecule has 3 aliphatic rings. The number of hydrogen-bond donors (Lipinski definition) is 7. The molecule has 2 atom stereocenters. The van der Waals surface area contributed by atoms with E-state index in [0.29, 0.717) is 50.9 Å². The Morgan fingerprint density at radius 3 is 1.90 bits per heavy atom. The van der Waals surface area contributed by atoms with E-state index in [0.717, 1.165) is 55.6 Å². The summed E-state index contributed by atoms with van der Waals surface area (Å²) < 4.78 is 17.1. The lowest BCUT2D eigenvalue weighted by molar-refractivity contribution is -0.145. The Morgan fingerprint density at radius 1 is 0.714 bits per heavy atom. The van der Waals surface area contributed by atoms with Crippen LogP contribution in [0.4, 0.5) is 0 Å². The number of aliphatic hydroxyl groups is 2. The van der Waals surface area contributed by atoms with E-state index in [1.165, 1.54) is 12.1 Å². The number of nitrogens with one attached hydrogen (secondary N) is 2. The summed E-state index contributed by atoms with van der Waals surface area (Å²) in [7, 11) is 0. The molecule has 0 spiro atoms. The van der Waals surface area contributed by atoms with Crippen molar-refractivity contribution in [2.24, 2.45) is 0 Å². The zero-order chi connectivity index (χ0) is 44.7. The average Bonchev–Trinajstić information content (AvgIpc) is 3.94. The number of fused-ring (bicyclic) bond motifs is 12. The predicted molar refractivity (Wildman–Crippen MR) is 238 cm³/mol. The van der Waals surface area contributed by atoms with E-state index in [1.54, 1.807) is 24.3 Å². The van der Waals surface area contributed by atoms with Crippen molar-refractivity contribution in [2.45, 2.75) is 72.1 Å². The van der Waals surface area contributed by atoms with Crippen molar-refractivity contribution in [1.29, 1.82) is 0 Å². The van der Waals surface area contributed by atoms with E-state index in [2.05, 4.69) is 16.9 Å². The molecule has 0 amide bonds. The monoisotopic (exact) mass is 854 g/mol. The zero-order valence-corrected chi connectivity index (χ0v) is 35.8. The maximum absolute atomic E-state index is 12.8.